The van der Waals surface area contributed by atoms with Gasteiger partial charge in [0.25, 0.3) is 0 Å². The first-order valence-corrected chi connectivity index (χ1v) is 7.19. The minimum atomic E-state index is -1.31. The number of nitrogens with zero attached hydrogens (tertiary/aromatic N) is 1. The van der Waals surface area contributed by atoms with Crippen LogP contribution in [0.3, 0.4) is 0 Å². The van der Waals surface area contributed by atoms with Crippen molar-refractivity contribution in [1.82, 2.24) is 0 Å². The molecule has 0 spiro atoms. The molecule has 0 N–H and O–H groups in total. The highest BCUT2D eigenvalue weighted by atomic mass is 16.6. The van der Waals surface area contributed by atoms with Crippen LogP contribution in [0, 0.1) is 11.3 Å². The van der Waals surface area contributed by atoms with Crippen molar-refractivity contribution in [1.29, 1.82) is 5.26 Å². The van der Waals surface area contributed by atoms with Gasteiger partial charge in [0, 0.05) is 13.3 Å². The molecule has 3 unspecified atom stereocenters. The molecule has 114 valence electrons. The van der Waals surface area contributed by atoms with Gasteiger partial charge in [-0.25, -0.2) is 0 Å². The molecule has 5 heteroatoms. The fraction of sp³-hybridized carbons (Fsp3) is 0.412. The van der Waals surface area contributed by atoms with Crippen LogP contribution in [0.1, 0.15) is 18.9 Å². The number of nitriles is 1. The van der Waals surface area contributed by atoms with Crippen LogP contribution in [0.4, 0.5) is 0 Å². The second kappa shape index (κ2) is 5.56. The fourth-order valence-corrected chi connectivity index (χ4v) is 3.04. The zero-order chi connectivity index (χ0) is 15.6. The monoisotopic (exact) mass is 299 g/mol. The van der Waals surface area contributed by atoms with E-state index in [0.29, 0.717) is 13.0 Å². The Hall–Kier alpha value is -2.16. The van der Waals surface area contributed by atoms with Gasteiger partial charge in [-0.05, 0) is 11.6 Å². The molecule has 0 radical (unpaired) electrons. The van der Waals surface area contributed by atoms with Crippen LogP contribution in [-0.4, -0.2) is 29.9 Å². The van der Waals surface area contributed by atoms with Crippen LogP contribution >= 0.6 is 0 Å². The van der Waals surface area contributed by atoms with Crippen LogP contribution in [-0.2, 0) is 25.6 Å². The highest BCUT2D eigenvalue weighted by Crippen LogP contribution is 2.48. The Morgan fingerprint density at radius 2 is 2.23 bits per heavy atom. The highest BCUT2D eigenvalue weighted by molar-refractivity contribution is 5.67. The lowest BCUT2D eigenvalue weighted by Gasteiger charge is -2.36. The summed E-state index contributed by atoms with van der Waals surface area (Å²) in [4.78, 5) is 11.4. The van der Waals surface area contributed by atoms with Crippen LogP contribution < -0.4 is 0 Å². The summed E-state index contributed by atoms with van der Waals surface area (Å²) in [6, 6.07) is 11.9. The van der Waals surface area contributed by atoms with Crippen molar-refractivity contribution in [3.05, 3.63) is 48.0 Å². The zero-order valence-corrected chi connectivity index (χ0v) is 12.3. The van der Waals surface area contributed by atoms with E-state index in [2.05, 4.69) is 6.07 Å². The van der Waals surface area contributed by atoms with E-state index in [1.54, 1.807) is 6.08 Å². The topological polar surface area (TPSA) is 68.6 Å². The van der Waals surface area contributed by atoms with E-state index < -0.39 is 17.2 Å². The first kappa shape index (κ1) is 14.8. The van der Waals surface area contributed by atoms with Gasteiger partial charge in [0.1, 0.15) is 6.07 Å². The Morgan fingerprint density at radius 1 is 1.45 bits per heavy atom. The molecule has 1 fully saturated rings. The average Bonchev–Trinajstić information content (AvgIpc) is 3.04. The Balaban J connectivity index is 1.73. The highest BCUT2D eigenvalue weighted by Gasteiger charge is 2.64. The van der Waals surface area contributed by atoms with Crippen molar-refractivity contribution in [2.75, 3.05) is 6.61 Å². The molecule has 0 aliphatic carbocycles. The van der Waals surface area contributed by atoms with E-state index in [-0.39, 0.29) is 12.7 Å². The van der Waals surface area contributed by atoms with E-state index in [1.165, 1.54) is 6.92 Å². The van der Waals surface area contributed by atoms with Gasteiger partial charge >= 0.3 is 5.97 Å². The van der Waals surface area contributed by atoms with Crippen molar-refractivity contribution in [3.8, 4) is 6.07 Å². The van der Waals surface area contributed by atoms with Gasteiger partial charge in [-0.2, -0.15) is 5.26 Å². The number of esters is 1. The van der Waals surface area contributed by atoms with Crippen molar-refractivity contribution in [3.63, 3.8) is 0 Å². The molecule has 2 bridgehead atoms. The van der Waals surface area contributed by atoms with Crippen molar-refractivity contribution in [2.24, 2.45) is 0 Å². The smallest absolute Gasteiger partial charge is 0.304 e. The standard InChI is InChI=1S/C17H17NO4/c1-13(19)21-17(11-18)9-15-7-8-16(17,22-15)12-20-10-14-5-3-2-4-6-14/h2-8,15H,9-10,12H2,1H3. The van der Waals surface area contributed by atoms with Crippen LogP contribution in [0.15, 0.2) is 42.5 Å². The quantitative estimate of drug-likeness (QED) is 0.615. The molecule has 0 saturated carbocycles. The van der Waals surface area contributed by atoms with E-state index in [1.807, 2.05) is 36.4 Å². The minimum Gasteiger partial charge on any atom is -0.440 e. The maximum absolute atomic E-state index is 11.4. The number of benzene rings is 1. The zero-order valence-electron chi connectivity index (χ0n) is 12.3. The lowest BCUT2D eigenvalue weighted by Crippen LogP contribution is -2.54. The molecule has 0 amide bonds. The SMILES string of the molecule is CC(=O)OC1(C#N)CC2C=CC1(COCc1ccccc1)O2. The first-order valence-electron chi connectivity index (χ1n) is 7.19. The Kier molecular flexibility index (Phi) is 3.73. The minimum absolute atomic E-state index is 0.162. The number of hydrogen-bond acceptors (Lipinski definition) is 5. The van der Waals surface area contributed by atoms with Crippen LogP contribution in [0.25, 0.3) is 0 Å². The number of fused-ring (bicyclic) bond motifs is 2. The molecule has 2 aliphatic rings. The second-order valence-corrected chi connectivity index (χ2v) is 5.62. The Labute approximate surface area is 129 Å². The maximum Gasteiger partial charge on any atom is 0.304 e. The van der Waals surface area contributed by atoms with Crippen molar-refractivity contribution >= 4 is 5.97 Å². The fourth-order valence-electron chi connectivity index (χ4n) is 3.04. The van der Waals surface area contributed by atoms with Crippen LogP contribution in [0.5, 0.6) is 0 Å². The molecule has 1 saturated heterocycles. The predicted octanol–water partition coefficient (Wildman–Crippen LogP) is 2.13. The van der Waals surface area contributed by atoms with Crippen molar-refractivity contribution < 1.29 is 19.0 Å². The van der Waals surface area contributed by atoms with Crippen LogP contribution in [0.2, 0.25) is 0 Å². The lowest BCUT2D eigenvalue weighted by atomic mass is 9.79. The van der Waals surface area contributed by atoms with Gasteiger partial charge in [-0.3, -0.25) is 4.79 Å². The van der Waals surface area contributed by atoms with E-state index in [4.69, 9.17) is 14.2 Å². The Morgan fingerprint density at radius 3 is 2.86 bits per heavy atom. The summed E-state index contributed by atoms with van der Waals surface area (Å²) >= 11 is 0. The molecule has 22 heavy (non-hydrogen) atoms. The van der Waals surface area contributed by atoms with Gasteiger partial charge in [-0.15, -0.1) is 0 Å². The van der Waals surface area contributed by atoms with Crippen molar-refractivity contribution in [2.45, 2.75) is 37.3 Å². The number of hydrogen-bond donors (Lipinski definition) is 0. The van der Waals surface area contributed by atoms with Gasteiger partial charge < -0.3 is 14.2 Å². The number of carbonyl (C=O) groups is 1. The maximum atomic E-state index is 11.4. The largest absolute Gasteiger partial charge is 0.440 e. The summed E-state index contributed by atoms with van der Waals surface area (Å²) < 4.78 is 16.9. The van der Waals surface area contributed by atoms with Gasteiger partial charge in [0.05, 0.1) is 19.3 Å². The summed E-state index contributed by atoms with van der Waals surface area (Å²) in [5, 5.41) is 9.57. The molecule has 5 nitrogen and oxygen atoms in total. The normalized spacial score (nSPS) is 31.9. The molecule has 3 atom stereocenters. The lowest BCUT2D eigenvalue weighted by molar-refractivity contribution is -0.168. The summed E-state index contributed by atoms with van der Waals surface area (Å²) in [5.74, 6) is -0.492. The average molecular weight is 299 g/mol. The van der Waals surface area contributed by atoms with Gasteiger partial charge in [0.15, 0.2) is 5.60 Å². The summed E-state index contributed by atoms with van der Waals surface area (Å²) in [5.41, 5.74) is -1.30. The molecule has 1 aromatic rings. The third kappa shape index (κ3) is 2.41. The first-order chi connectivity index (χ1) is 10.6. The molecule has 3 rings (SSSR count). The summed E-state index contributed by atoms with van der Waals surface area (Å²) in [7, 11) is 0. The third-order valence-electron chi connectivity index (χ3n) is 4.04. The summed E-state index contributed by atoms with van der Waals surface area (Å²) in [6.45, 7) is 1.87. The predicted molar refractivity (Wildman–Crippen MR) is 77.6 cm³/mol. The van der Waals surface area contributed by atoms with E-state index in [0.717, 1.165) is 5.56 Å². The summed E-state index contributed by atoms with van der Waals surface area (Å²) in [6.07, 6.45) is 3.82. The molecular weight excluding hydrogens is 282 g/mol. The van der Waals surface area contributed by atoms with Gasteiger partial charge in [-0.1, -0.05) is 36.4 Å². The second-order valence-electron chi connectivity index (χ2n) is 5.62. The Bertz CT molecular complexity index is 636. The molecule has 0 aromatic heterocycles. The molecular formula is C17H17NO4. The molecule has 1 aromatic carbocycles. The number of carbonyl (C=O) groups excluding carboxylic acids is 1. The number of rotatable bonds is 5. The van der Waals surface area contributed by atoms with E-state index in [9.17, 15) is 10.1 Å². The van der Waals surface area contributed by atoms with E-state index >= 15 is 0 Å². The number of ether oxygens (including phenoxy) is 3. The third-order valence-corrected chi connectivity index (χ3v) is 4.04. The molecule has 2 heterocycles. The van der Waals surface area contributed by atoms with Gasteiger partial charge in [0.2, 0.25) is 5.60 Å². The molecule has 2 aliphatic heterocycles.